The molecule has 0 saturated carbocycles. The maximum absolute atomic E-state index is 11.5. The molecular weight excluding hydrogens is 268 g/mol. The van der Waals surface area contributed by atoms with E-state index in [0.29, 0.717) is 11.3 Å². The van der Waals surface area contributed by atoms with Crippen molar-refractivity contribution >= 4 is 23.3 Å². The number of carboxylic acid groups (broad SMARTS) is 1. The summed E-state index contributed by atoms with van der Waals surface area (Å²) in [5.41, 5.74) is 8.50. The monoisotopic (exact) mass is 284 g/mol. The number of nitrogens with two attached hydrogens (primary N) is 1. The Morgan fingerprint density at radius 2 is 1.71 bits per heavy atom. The van der Waals surface area contributed by atoms with Crippen LogP contribution in [0.15, 0.2) is 42.5 Å². The molecule has 0 fully saturated rings. The molecule has 0 aliphatic rings. The molecule has 2 aromatic carbocycles. The molecule has 5 nitrogen and oxygen atoms in total. The number of carbonyl (C=O) groups excluding carboxylic acids is 1. The number of amides is 1. The zero-order valence-electron chi connectivity index (χ0n) is 11.8. The fourth-order valence-corrected chi connectivity index (χ4v) is 2.09. The van der Waals surface area contributed by atoms with Crippen LogP contribution in [-0.4, -0.2) is 24.0 Å². The van der Waals surface area contributed by atoms with Crippen LogP contribution in [0.1, 0.15) is 26.3 Å². The number of carbonyl (C=O) groups is 2. The minimum atomic E-state index is -0.974. The summed E-state index contributed by atoms with van der Waals surface area (Å²) in [4.78, 5) is 24.2. The number of carboxylic acids is 1. The first kappa shape index (κ1) is 14.6. The van der Waals surface area contributed by atoms with Gasteiger partial charge in [-0.15, -0.1) is 0 Å². The van der Waals surface area contributed by atoms with E-state index in [1.807, 2.05) is 19.1 Å². The number of anilines is 2. The Bertz CT molecular complexity index is 693. The molecule has 2 rings (SSSR count). The van der Waals surface area contributed by atoms with Crippen molar-refractivity contribution in [3.8, 4) is 0 Å². The highest BCUT2D eigenvalue weighted by atomic mass is 16.4. The van der Waals surface area contributed by atoms with Crippen molar-refractivity contribution in [1.82, 2.24) is 0 Å². The molecule has 0 unspecified atom stereocenters. The van der Waals surface area contributed by atoms with Crippen LogP contribution in [0.2, 0.25) is 0 Å². The van der Waals surface area contributed by atoms with E-state index in [4.69, 9.17) is 10.8 Å². The molecule has 0 aliphatic heterocycles. The van der Waals surface area contributed by atoms with E-state index in [0.717, 1.165) is 11.3 Å². The topological polar surface area (TPSA) is 83.6 Å². The second-order valence-corrected chi connectivity index (χ2v) is 4.80. The van der Waals surface area contributed by atoms with Crippen LogP contribution in [0, 0.1) is 6.92 Å². The first-order valence-electron chi connectivity index (χ1n) is 6.37. The zero-order valence-corrected chi connectivity index (χ0v) is 11.8. The van der Waals surface area contributed by atoms with E-state index in [1.165, 1.54) is 12.1 Å². The first-order chi connectivity index (χ1) is 9.90. The second kappa shape index (κ2) is 5.66. The molecule has 21 heavy (non-hydrogen) atoms. The zero-order chi connectivity index (χ0) is 15.6. The Balaban J connectivity index is 2.44. The maximum atomic E-state index is 11.5. The first-order valence-corrected chi connectivity index (χ1v) is 6.37. The SMILES string of the molecule is Cc1ccc(C(N)=O)c(N(C)c2ccc(C(=O)O)cc2)c1. The van der Waals surface area contributed by atoms with Gasteiger partial charge in [0, 0.05) is 12.7 Å². The third-order valence-corrected chi connectivity index (χ3v) is 3.28. The van der Waals surface area contributed by atoms with Crippen molar-refractivity contribution in [2.24, 2.45) is 5.73 Å². The van der Waals surface area contributed by atoms with Crippen LogP contribution in [0.3, 0.4) is 0 Å². The number of primary amides is 1. The summed E-state index contributed by atoms with van der Waals surface area (Å²) in [7, 11) is 1.80. The maximum Gasteiger partial charge on any atom is 0.335 e. The number of rotatable bonds is 4. The van der Waals surface area contributed by atoms with Gasteiger partial charge in [0.2, 0.25) is 0 Å². The fraction of sp³-hybridized carbons (Fsp3) is 0.125. The summed E-state index contributed by atoms with van der Waals surface area (Å²) in [6.45, 7) is 1.93. The Morgan fingerprint density at radius 3 is 2.24 bits per heavy atom. The number of hydrogen-bond donors (Lipinski definition) is 2. The van der Waals surface area contributed by atoms with Crippen molar-refractivity contribution in [3.63, 3.8) is 0 Å². The van der Waals surface area contributed by atoms with Crippen LogP contribution in [0.4, 0.5) is 11.4 Å². The van der Waals surface area contributed by atoms with Gasteiger partial charge in [-0.25, -0.2) is 4.79 Å². The van der Waals surface area contributed by atoms with E-state index in [1.54, 1.807) is 30.1 Å². The van der Waals surface area contributed by atoms with Crippen molar-refractivity contribution < 1.29 is 14.7 Å². The van der Waals surface area contributed by atoms with Crippen molar-refractivity contribution in [2.75, 3.05) is 11.9 Å². The minimum Gasteiger partial charge on any atom is -0.478 e. The van der Waals surface area contributed by atoms with E-state index in [2.05, 4.69) is 0 Å². The molecule has 0 aromatic heterocycles. The Labute approximate surface area is 122 Å². The summed E-state index contributed by atoms with van der Waals surface area (Å²) < 4.78 is 0. The number of benzene rings is 2. The lowest BCUT2D eigenvalue weighted by Crippen LogP contribution is -2.18. The van der Waals surface area contributed by atoms with Gasteiger partial charge in [-0.05, 0) is 48.9 Å². The predicted octanol–water partition coefficient (Wildman–Crippen LogP) is 2.56. The van der Waals surface area contributed by atoms with Gasteiger partial charge in [-0.1, -0.05) is 6.07 Å². The fourth-order valence-electron chi connectivity index (χ4n) is 2.09. The highest BCUT2D eigenvalue weighted by Crippen LogP contribution is 2.28. The van der Waals surface area contributed by atoms with Gasteiger partial charge in [-0.2, -0.15) is 0 Å². The van der Waals surface area contributed by atoms with Gasteiger partial charge < -0.3 is 15.7 Å². The molecule has 0 bridgehead atoms. The lowest BCUT2D eigenvalue weighted by Gasteiger charge is -2.22. The average molecular weight is 284 g/mol. The summed E-state index contributed by atoms with van der Waals surface area (Å²) >= 11 is 0. The normalized spacial score (nSPS) is 10.2. The molecular formula is C16H16N2O3. The molecule has 0 spiro atoms. The molecule has 0 aliphatic carbocycles. The Morgan fingerprint density at radius 1 is 1.10 bits per heavy atom. The van der Waals surface area contributed by atoms with Gasteiger partial charge in [-0.3, -0.25) is 4.79 Å². The van der Waals surface area contributed by atoms with E-state index in [9.17, 15) is 9.59 Å². The number of hydrogen-bond acceptors (Lipinski definition) is 3. The van der Waals surface area contributed by atoms with Crippen molar-refractivity contribution in [2.45, 2.75) is 6.92 Å². The van der Waals surface area contributed by atoms with Gasteiger partial charge >= 0.3 is 5.97 Å². The highest BCUT2D eigenvalue weighted by molar-refractivity contribution is 5.99. The third kappa shape index (κ3) is 3.02. The Kier molecular flexibility index (Phi) is 3.93. The predicted molar refractivity (Wildman–Crippen MR) is 81.2 cm³/mol. The molecule has 0 atom stereocenters. The molecule has 0 heterocycles. The second-order valence-electron chi connectivity index (χ2n) is 4.80. The van der Waals surface area contributed by atoms with Gasteiger partial charge in [0.1, 0.15) is 0 Å². The van der Waals surface area contributed by atoms with Crippen molar-refractivity contribution in [1.29, 1.82) is 0 Å². The molecule has 2 aromatic rings. The minimum absolute atomic E-state index is 0.214. The van der Waals surface area contributed by atoms with Gasteiger partial charge in [0.05, 0.1) is 16.8 Å². The van der Waals surface area contributed by atoms with E-state index < -0.39 is 11.9 Å². The third-order valence-electron chi connectivity index (χ3n) is 3.28. The van der Waals surface area contributed by atoms with E-state index >= 15 is 0 Å². The van der Waals surface area contributed by atoms with Crippen LogP contribution in [0.5, 0.6) is 0 Å². The molecule has 5 heteroatoms. The van der Waals surface area contributed by atoms with Crippen LogP contribution in [-0.2, 0) is 0 Å². The van der Waals surface area contributed by atoms with Gasteiger partial charge in [0.15, 0.2) is 0 Å². The standard InChI is InChI=1S/C16H16N2O3/c1-10-3-8-13(15(17)19)14(9-10)18(2)12-6-4-11(5-7-12)16(20)21/h3-9H,1-2H3,(H2,17,19)(H,20,21). The molecule has 0 saturated heterocycles. The smallest absolute Gasteiger partial charge is 0.335 e. The average Bonchev–Trinajstić information content (AvgIpc) is 2.46. The lowest BCUT2D eigenvalue weighted by atomic mass is 10.1. The van der Waals surface area contributed by atoms with Crippen LogP contribution < -0.4 is 10.6 Å². The highest BCUT2D eigenvalue weighted by Gasteiger charge is 2.14. The van der Waals surface area contributed by atoms with Crippen LogP contribution >= 0.6 is 0 Å². The van der Waals surface area contributed by atoms with Gasteiger partial charge in [0.25, 0.3) is 5.91 Å². The molecule has 108 valence electrons. The summed E-state index contributed by atoms with van der Waals surface area (Å²) in [5, 5.41) is 8.91. The molecule has 1 amide bonds. The van der Waals surface area contributed by atoms with Crippen molar-refractivity contribution in [3.05, 3.63) is 59.2 Å². The molecule has 3 N–H and O–H groups in total. The number of aromatic carboxylic acids is 1. The molecule has 0 radical (unpaired) electrons. The Hall–Kier alpha value is -2.82. The quantitative estimate of drug-likeness (QED) is 0.903. The number of nitrogens with zero attached hydrogens (tertiary/aromatic N) is 1. The number of aryl methyl sites for hydroxylation is 1. The summed E-state index contributed by atoms with van der Waals surface area (Å²) in [6.07, 6.45) is 0. The summed E-state index contributed by atoms with van der Waals surface area (Å²) in [5.74, 6) is -1.48. The van der Waals surface area contributed by atoms with E-state index in [-0.39, 0.29) is 5.56 Å². The largest absolute Gasteiger partial charge is 0.478 e. The summed E-state index contributed by atoms with van der Waals surface area (Å²) in [6, 6.07) is 11.8. The lowest BCUT2D eigenvalue weighted by molar-refractivity contribution is 0.0696. The van der Waals surface area contributed by atoms with Crippen LogP contribution in [0.25, 0.3) is 0 Å².